The molecule has 0 saturated carbocycles. The molecule has 3 aromatic rings. The highest BCUT2D eigenvalue weighted by Crippen LogP contribution is 2.35. The minimum atomic E-state index is -3.56. The van der Waals surface area contributed by atoms with Crippen molar-refractivity contribution in [1.82, 2.24) is 4.31 Å². The van der Waals surface area contributed by atoms with Gasteiger partial charge < -0.3 is 10.2 Å². The largest absolute Gasteiger partial charge is 0.366 e. The molecule has 3 aromatic carbocycles. The number of sulfonamides is 1. The number of nitrogens with one attached hydrogen (secondary N) is 1. The number of para-hydroxylation sites is 1. The second kappa shape index (κ2) is 10.2. The number of carbonyl (C=O) groups is 1. The lowest BCUT2D eigenvalue weighted by atomic mass is 10.1. The van der Waals surface area contributed by atoms with Crippen molar-refractivity contribution < 1.29 is 13.2 Å². The third-order valence-electron chi connectivity index (χ3n) is 6.07. The van der Waals surface area contributed by atoms with Crippen LogP contribution in [0, 0.1) is 6.92 Å². The number of amides is 1. The Balaban J connectivity index is 1.50. The van der Waals surface area contributed by atoms with E-state index in [9.17, 15) is 13.2 Å². The number of carbonyl (C=O) groups excluding carboxylic acids is 1. The first-order valence-electron chi connectivity index (χ1n) is 11.3. The van der Waals surface area contributed by atoms with E-state index in [1.165, 1.54) is 9.87 Å². The fraction of sp³-hybridized carbons (Fsp3) is 0.269. The maximum Gasteiger partial charge on any atom is 0.255 e. The van der Waals surface area contributed by atoms with Crippen LogP contribution in [0.25, 0.3) is 0 Å². The average molecular weight is 498 g/mol. The van der Waals surface area contributed by atoms with Crippen molar-refractivity contribution >= 4 is 38.9 Å². The lowest BCUT2D eigenvalue weighted by Crippen LogP contribution is -2.49. The molecule has 1 fully saturated rings. The summed E-state index contributed by atoms with van der Waals surface area (Å²) >= 11 is 6.54. The molecule has 0 spiro atoms. The molecule has 6 nitrogen and oxygen atoms in total. The van der Waals surface area contributed by atoms with Crippen molar-refractivity contribution in [2.45, 2.75) is 25.2 Å². The molecule has 0 aliphatic carbocycles. The number of piperazine rings is 1. The van der Waals surface area contributed by atoms with E-state index in [1.54, 1.807) is 36.4 Å². The number of halogens is 1. The zero-order chi connectivity index (χ0) is 24.3. The predicted octanol–water partition coefficient (Wildman–Crippen LogP) is 4.97. The van der Waals surface area contributed by atoms with Crippen LogP contribution in [0.1, 0.15) is 28.4 Å². The van der Waals surface area contributed by atoms with Gasteiger partial charge in [-0.05, 0) is 55.3 Å². The van der Waals surface area contributed by atoms with E-state index in [4.69, 9.17) is 11.6 Å². The molecule has 1 heterocycles. The van der Waals surface area contributed by atoms with Gasteiger partial charge in [0.2, 0.25) is 10.0 Å². The topological polar surface area (TPSA) is 69.7 Å². The molecular formula is C26H28ClN3O3S. The van der Waals surface area contributed by atoms with E-state index in [0.29, 0.717) is 53.0 Å². The van der Waals surface area contributed by atoms with Crippen molar-refractivity contribution in [3.8, 4) is 0 Å². The molecular weight excluding hydrogens is 470 g/mol. The van der Waals surface area contributed by atoms with Gasteiger partial charge >= 0.3 is 0 Å². The van der Waals surface area contributed by atoms with Crippen LogP contribution in [0.5, 0.6) is 0 Å². The number of nitrogens with zero attached hydrogens (tertiary/aromatic N) is 2. The summed E-state index contributed by atoms with van der Waals surface area (Å²) in [6, 6.07) is 19.8. The molecule has 0 atom stereocenters. The second-order valence-electron chi connectivity index (χ2n) is 8.34. The lowest BCUT2D eigenvalue weighted by Gasteiger charge is -2.36. The van der Waals surface area contributed by atoms with Crippen molar-refractivity contribution in [3.63, 3.8) is 0 Å². The molecule has 1 aliphatic rings. The van der Waals surface area contributed by atoms with Crippen LogP contribution in [0.4, 0.5) is 11.4 Å². The first-order chi connectivity index (χ1) is 16.3. The first kappa shape index (κ1) is 24.3. The van der Waals surface area contributed by atoms with Crippen LogP contribution in [-0.2, 0) is 16.4 Å². The maximum absolute atomic E-state index is 13.0. The van der Waals surface area contributed by atoms with E-state index in [0.717, 1.165) is 12.0 Å². The highest BCUT2D eigenvalue weighted by Gasteiger charge is 2.30. The fourth-order valence-corrected chi connectivity index (χ4v) is 5.75. The summed E-state index contributed by atoms with van der Waals surface area (Å²) in [4.78, 5) is 15.2. The maximum atomic E-state index is 13.0. The summed E-state index contributed by atoms with van der Waals surface area (Å²) < 4.78 is 27.6. The highest BCUT2D eigenvalue weighted by atomic mass is 35.5. The quantitative estimate of drug-likeness (QED) is 0.521. The third-order valence-corrected chi connectivity index (χ3v) is 8.29. The highest BCUT2D eigenvalue weighted by molar-refractivity contribution is 7.89. The third kappa shape index (κ3) is 5.12. The smallest absolute Gasteiger partial charge is 0.255 e. The summed E-state index contributed by atoms with van der Waals surface area (Å²) in [7, 11) is -3.56. The fourth-order valence-electron chi connectivity index (χ4n) is 4.04. The zero-order valence-electron chi connectivity index (χ0n) is 19.3. The van der Waals surface area contributed by atoms with E-state index in [2.05, 4.69) is 12.2 Å². The molecule has 8 heteroatoms. The van der Waals surface area contributed by atoms with E-state index in [-0.39, 0.29) is 5.91 Å². The summed E-state index contributed by atoms with van der Waals surface area (Å²) in [5, 5.41) is 3.49. The first-order valence-corrected chi connectivity index (χ1v) is 13.1. The van der Waals surface area contributed by atoms with Gasteiger partial charge in [-0.15, -0.1) is 0 Å². The Bertz CT molecular complexity index is 1270. The normalized spacial score (nSPS) is 14.7. The predicted molar refractivity (Wildman–Crippen MR) is 137 cm³/mol. The van der Waals surface area contributed by atoms with Gasteiger partial charge in [0.05, 0.1) is 21.3 Å². The average Bonchev–Trinajstić information content (AvgIpc) is 2.84. The van der Waals surface area contributed by atoms with E-state index < -0.39 is 10.0 Å². The number of aryl methyl sites for hydroxylation is 2. The van der Waals surface area contributed by atoms with Gasteiger partial charge in [-0.25, -0.2) is 8.42 Å². The molecule has 0 aromatic heterocycles. The summed E-state index contributed by atoms with van der Waals surface area (Å²) in [5.41, 5.74) is 4.05. The number of benzene rings is 3. The molecule has 0 radical (unpaired) electrons. The van der Waals surface area contributed by atoms with Crippen molar-refractivity contribution in [2.24, 2.45) is 0 Å². The van der Waals surface area contributed by atoms with Gasteiger partial charge in [-0.2, -0.15) is 4.31 Å². The van der Waals surface area contributed by atoms with Crippen LogP contribution < -0.4 is 10.2 Å². The number of anilines is 2. The number of hydrogen-bond acceptors (Lipinski definition) is 4. The molecule has 0 unspecified atom stereocenters. The monoisotopic (exact) mass is 497 g/mol. The Morgan fingerprint density at radius 2 is 1.59 bits per heavy atom. The van der Waals surface area contributed by atoms with Crippen LogP contribution in [0.15, 0.2) is 71.6 Å². The van der Waals surface area contributed by atoms with Gasteiger partial charge in [0.15, 0.2) is 0 Å². The summed E-state index contributed by atoms with van der Waals surface area (Å²) in [6.07, 6.45) is 0.909. The Hall–Kier alpha value is -2.87. The van der Waals surface area contributed by atoms with Crippen molar-refractivity contribution in [2.75, 3.05) is 36.4 Å². The Morgan fingerprint density at radius 1 is 0.941 bits per heavy atom. The van der Waals surface area contributed by atoms with Crippen LogP contribution in [0.3, 0.4) is 0 Å². The minimum absolute atomic E-state index is 0.216. The van der Waals surface area contributed by atoms with Gasteiger partial charge in [-0.1, -0.05) is 54.4 Å². The molecule has 1 amide bonds. The molecule has 1 saturated heterocycles. The molecule has 1 aliphatic heterocycles. The standard InChI is InChI=1S/C26H28ClN3O3S/c1-3-20-9-11-21(12-10-20)26(31)28-24-6-4-5-23(27)25(24)29-15-17-30(18-16-29)34(32,33)22-13-7-19(2)8-14-22/h4-14H,3,15-18H2,1-2H3,(H,28,31). The molecule has 4 rings (SSSR count). The number of rotatable bonds is 6. The van der Waals surface area contributed by atoms with Crippen LogP contribution in [-0.4, -0.2) is 44.8 Å². The Morgan fingerprint density at radius 3 is 2.21 bits per heavy atom. The van der Waals surface area contributed by atoms with Gasteiger partial charge in [0.1, 0.15) is 0 Å². The summed E-state index contributed by atoms with van der Waals surface area (Å²) in [5.74, 6) is -0.216. The van der Waals surface area contributed by atoms with Crippen molar-refractivity contribution in [3.05, 3.63) is 88.4 Å². The Kier molecular flexibility index (Phi) is 7.26. The molecule has 178 valence electrons. The zero-order valence-corrected chi connectivity index (χ0v) is 20.9. The molecule has 0 bridgehead atoms. The molecule has 34 heavy (non-hydrogen) atoms. The summed E-state index contributed by atoms with van der Waals surface area (Å²) in [6.45, 7) is 5.57. The van der Waals surface area contributed by atoms with Crippen molar-refractivity contribution in [1.29, 1.82) is 0 Å². The minimum Gasteiger partial charge on any atom is -0.366 e. The lowest BCUT2D eigenvalue weighted by molar-refractivity contribution is 0.102. The second-order valence-corrected chi connectivity index (χ2v) is 10.7. The van der Waals surface area contributed by atoms with Gasteiger partial charge in [0, 0.05) is 31.7 Å². The van der Waals surface area contributed by atoms with E-state index >= 15 is 0 Å². The molecule has 1 N–H and O–H groups in total. The Labute approximate surface area is 206 Å². The van der Waals surface area contributed by atoms with E-state index in [1.807, 2.05) is 42.2 Å². The number of hydrogen-bond donors (Lipinski definition) is 1. The van der Waals surface area contributed by atoms with Gasteiger partial charge in [0.25, 0.3) is 5.91 Å². The van der Waals surface area contributed by atoms with Crippen LogP contribution in [0.2, 0.25) is 5.02 Å². The SMILES string of the molecule is CCc1ccc(C(=O)Nc2cccc(Cl)c2N2CCN(S(=O)(=O)c3ccc(C)cc3)CC2)cc1. The van der Waals surface area contributed by atoms with Crippen LogP contribution >= 0.6 is 11.6 Å². The van der Waals surface area contributed by atoms with Gasteiger partial charge in [-0.3, -0.25) is 4.79 Å².